The van der Waals surface area contributed by atoms with Crippen LogP contribution in [0.4, 0.5) is 0 Å². The van der Waals surface area contributed by atoms with E-state index in [0.717, 1.165) is 5.56 Å². The predicted molar refractivity (Wildman–Crippen MR) is 53.3 cm³/mol. The topological polar surface area (TPSA) is 33.1 Å². The molecule has 0 radical (unpaired) electrons. The number of nitrogens with zero attached hydrogens (tertiary/aromatic N) is 1. The van der Waals surface area contributed by atoms with Crippen LogP contribution in [0.2, 0.25) is 0 Å². The van der Waals surface area contributed by atoms with Crippen molar-refractivity contribution in [2.75, 3.05) is 5.33 Å². The normalized spacial score (nSPS) is 11.8. The van der Waals surface area contributed by atoms with Gasteiger partial charge in [-0.05, 0) is 11.6 Å². The summed E-state index contributed by atoms with van der Waals surface area (Å²) >= 11 is 3.17. The zero-order chi connectivity index (χ0) is 7.40. The molecule has 0 aromatic carbocycles. The Kier molecular flexibility index (Phi) is 5.72. The maximum absolute atomic E-state index is 9.24. The molecule has 0 amide bonds. The number of aliphatic hydroxyl groups excluding tert-OH is 1. The Morgan fingerprint density at radius 3 is 2.82 bits per heavy atom. The molecule has 0 aliphatic carbocycles. The molecule has 1 heterocycles. The summed E-state index contributed by atoms with van der Waals surface area (Å²) in [6.07, 6.45) is 2.91. The minimum atomic E-state index is -0.436. The monoisotopic (exact) mass is 281 g/mol. The summed E-state index contributed by atoms with van der Waals surface area (Å²) in [7, 11) is 0. The Morgan fingerprint density at radius 1 is 1.64 bits per heavy atom. The van der Waals surface area contributed by atoms with Crippen LogP contribution < -0.4 is 0 Å². The number of hydrogen-bond donors (Lipinski definition) is 1. The summed E-state index contributed by atoms with van der Waals surface area (Å²) in [5.74, 6) is 0. The van der Waals surface area contributed by atoms with Crippen molar-refractivity contribution >= 4 is 32.9 Å². The smallest absolute Gasteiger partial charge is 0.0901 e. The lowest BCUT2D eigenvalue weighted by Gasteiger charge is -2.04. The van der Waals surface area contributed by atoms with Crippen molar-refractivity contribution < 1.29 is 5.11 Å². The first-order chi connectivity index (χ1) is 4.84. The highest BCUT2D eigenvalue weighted by Crippen LogP contribution is 2.12. The van der Waals surface area contributed by atoms with Crippen LogP contribution in [0.15, 0.2) is 24.5 Å². The van der Waals surface area contributed by atoms with Gasteiger partial charge in [-0.2, -0.15) is 0 Å². The third-order valence-electron chi connectivity index (χ3n) is 1.22. The summed E-state index contributed by atoms with van der Waals surface area (Å²) < 4.78 is 0. The molecule has 1 rings (SSSR count). The van der Waals surface area contributed by atoms with Gasteiger partial charge in [-0.15, -0.1) is 17.0 Å². The summed E-state index contributed by atoms with van der Waals surface area (Å²) in [6.45, 7) is 0. The average molecular weight is 283 g/mol. The lowest BCUT2D eigenvalue weighted by Crippen LogP contribution is -1.97. The minimum absolute atomic E-state index is 0. The van der Waals surface area contributed by atoms with Crippen LogP contribution in [0.5, 0.6) is 0 Å². The van der Waals surface area contributed by atoms with Gasteiger partial charge in [-0.3, -0.25) is 4.98 Å². The minimum Gasteiger partial charge on any atom is -0.387 e. The largest absolute Gasteiger partial charge is 0.387 e. The molecular formula is C7H9Br2NO. The van der Waals surface area contributed by atoms with E-state index in [2.05, 4.69) is 20.9 Å². The molecule has 0 aliphatic heterocycles. The quantitative estimate of drug-likeness (QED) is 0.843. The number of rotatable bonds is 2. The molecule has 0 spiro atoms. The van der Waals surface area contributed by atoms with E-state index in [4.69, 9.17) is 0 Å². The van der Waals surface area contributed by atoms with E-state index in [1.165, 1.54) is 0 Å². The van der Waals surface area contributed by atoms with Gasteiger partial charge in [0, 0.05) is 17.7 Å². The van der Waals surface area contributed by atoms with Crippen molar-refractivity contribution in [3.8, 4) is 0 Å². The van der Waals surface area contributed by atoms with E-state index in [1.54, 1.807) is 18.5 Å². The van der Waals surface area contributed by atoms with E-state index in [0.29, 0.717) is 5.33 Å². The highest BCUT2D eigenvalue weighted by Gasteiger charge is 2.02. The molecule has 0 fully saturated rings. The Bertz CT molecular complexity index is 193. The van der Waals surface area contributed by atoms with Gasteiger partial charge in [-0.25, -0.2) is 0 Å². The Morgan fingerprint density at radius 2 is 2.36 bits per heavy atom. The van der Waals surface area contributed by atoms with Crippen LogP contribution in [-0.2, 0) is 0 Å². The molecule has 62 valence electrons. The first kappa shape index (κ1) is 11.1. The first-order valence-electron chi connectivity index (χ1n) is 2.98. The summed E-state index contributed by atoms with van der Waals surface area (Å²) in [4.78, 5) is 3.87. The van der Waals surface area contributed by atoms with Crippen molar-refractivity contribution in [3.05, 3.63) is 30.1 Å². The van der Waals surface area contributed by atoms with Gasteiger partial charge in [0.2, 0.25) is 0 Å². The van der Waals surface area contributed by atoms with E-state index in [-0.39, 0.29) is 17.0 Å². The van der Waals surface area contributed by atoms with Gasteiger partial charge < -0.3 is 5.11 Å². The fourth-order valence-electron chi connectivity index (χ4n) is 0.662. The fraction of sp³-hybridized carbons (Fsp3) is 0.286. The fourth-order valence-corrected chi connectivity index (χ4v) is 1.04. The predicted octanol–water partition coefficient (Wildman–Crippen LogP) is 2.09. The molecule has 0 aliphatic rings. The zero-order valence-corrected chi connectivity index (χ0v) is 9.07. The van der Waals surface area contributed by atoms with E-state index >= 15 is 0 Å². The molecule has 1 aromatic rings. The van der Waals surface area contributed by atoms with Crippen LogP contribution in [0.25, 0.3) is 0 Å². The number of hydrogen-bond acceptors (Lipinski definition) is 2. The molecule has 1 aromatic heterocycles. The lowest BCUT2D eigenvalue weighted by atomic mass is 10.2. The lowest BCUT2D eigenvalue weighted by molar-refractivity contribution is 0.205. The zero-order valence-electron chi connectivity index (χ0n) is 5.77. The van der Waals surface area contributed by atoms with Gasteiger partial charge in [0.1, 0.15) is 0 Å². The summed E-state index contributed by atoms with van der Waals surface area (Å²) in [6, 6.07) is 3.65. The average Bonchev–Trinajstić information content (AvgIpc) is 2.05. The maximum Gasteiger partial charge on any atom is 0.0901 e. The highest BCUT2D eigenvalue weighted by atomic mass is 79.9. The maximum atomic E-state index is 9.24. The van der Waals surface area contributed by atoms with Crippen molar-refractivity contribution in [2.24, 2.45) is 0 Å². The number of alkyl halides is 1. The highest BCUT2D eigenvalue weighted by molar-refractivity contribution is 9.09. The van der Waals surface area contributed by atoms with Crippen molar-refractivity contribution in [3.63, 3.8) is 0 Å². The van der Waals surface area contributed by atoms with Crippen LogP contribution in [0.1, 0.15) is 11.7 Å². The molecule has 1 N–H and O–H groups in total. The van der Waals surface area contributed by atoms with Crippen LogP contribution in [0.3, 0.4) is 0 Å². The molecule has 0 bridgehead atoms. The molecule has 0 saturated heterocycles. The molecule has 1 unspecified atom stereocenters. The molecule has 2 nitrogen and oxygen atoms in total. The summed E-state index contributed by atoms with van der Waals surface area (Å²) in [5, 5.41) is 9.80. The Labute approximate surface area is 84.6 Å². The molecular weight excluding hydrogens is 274 g/mol. The Balaban J connectivity index is 0.000001000. The number of aromatic nitrogens is 1. The van der Waals surface area contributed by atoms with E-state index in [1.807, 2.05) is 6.07 Å². The van der Waals surface area contributed by atoms with Crippen LogP contribution in [-0.4, -0.2) is 15.4 Å². The third kappa shape index (κ3) is 3.31. The van der Waals surface area contributed by atoms with Gasteiger partial charge >= 0.3 is 0 Å². The van der Waals surface area contributed by atoms with Gasteiger partial charge in [0.05, 0.1) is 6.10 Å². The second kappa shape index (κ2) is 5.69. The van der Waals surface area contributed by atoms with E-state index in [9.17, 15) is 5.11 Å². The number of halogens is 2. The molecule has 1 atom stereocenters. The van der Waals surface area contributed by atoms with Crippen LogP contribution in [0, 0.1) is 0 Å². The standard InChI is InChI=1S/C7H8BrNO.BrH/c8-4-7(10)6-2-1-3-9-5-6;/h1-3,5,7,10H,4H2;1H. The van der Waals surface area contributed by atoms with Gasteiger partial charge in [0.15, 0.2) is 0 Å². The third-order valence-corrected chi connectivity index (χ3v) is 1.83. The van der Waals surface area contributed by atoms with Gasteiger partial charge in [0.25, 0.3) is 0 Å². The van der Waals surface area contributed by atoms with Gasteiger partial charge in [-0.1, -0.05) is 22.0 Å². The van der Waals surface area contributed by atoms with Crippen molar-refractivity contribution in [1.82, 2.24) is 4.98 Å². The van der Waals surface area contributed by atoms with Crippen LogP contribution >= 0.6 is 32.9 Å². The summed E-state index contributed by atoms with van der Waals surface area (Å²) in [5.41, 5.74) is 0.847. The van der Waals surface area contributed by atoms with E-state index < -0.39 is 6.10 Å². The number of pyridine rings is 1. The SMILES string of the molecule is Br.OC(CBr)c1cccnc1. The molecule has 4 heteroatoms. The first-order valence-corrected chi connectivity index (χ1v) is 4.10. The second-order valence-corrected chi connectivity index (χ2v) is 2.60. The van der Waals surface area contributed by atoms with Crippen molar-refractivity contribution in [2.45, 2.75) is 6.10 Å². The second-order valence-electron chi connectivity index (χ2n) is 1.96. The number of aliphatic hydroxyl groups is 1. The Hall–Kier alpha value is 0.0700. The van der Waals surface area contributed by atoms with Crippen molar-refractivity contribution in [1.29, 1.82) is 0 Å². The molecule has 0 saturated carbocycles. The molecule has 11 heavy (non-hydrogen) atoms.